The number of benzene rings is 2. The predicted molar refractivity (Wildman–Crippen MR) is 222 cm³/mol. The standard InChI is InChI=1S/C48H72O4Si/c1-11-51-44(50)34(32-45(3,4)5)30-43(49)33(2)40-24-25-41-39-23-22-35-31-36(26-28-47(35,9)42(39)27-29-48(40,41)10)52-53(46(6,7)8,37-18-14-12-15-19-37)38-20-16-13-17-21-38/h12-22,33-34,36,39-43,49H,11,23-32H2,1-10H3/t33-,34+,36-,39-,40+,41-,42-,43-,47-,48+/m0/s1. The van der Waals surface area contributed by atoms with Crippen molar-refractivity contribution in [2.45, 2.75) is 151 Å². The minimum absolute atomic E-state index is 0.000627. The summed E-state index contributed by atoms with van der Waals surface area (Å²) in [5.74, 6) is 2.36. The van der Waals surface area contributed by atoms with Crippen molar-refractivity contribution in [2.75, 3.05) is 6.61 Å². The van der Waals surface area contributed by atoms with E-state index < -0.39 is 14.4 Å². The van der Waals surface area contributed by atoms with Gasteiger partial charge in [-0.1, -0.05) is 135 Å². The van der Waals surface area contributed by atoms with Crippen LogP contribution in [0.4, 0.5) is 0 Å². The highest BCUT2D eigenvalue weighted by Crippen LogP contribution is 2.67. The first-order chi connectivity index (χ1) is 24.9. The number of hydrogen-bond acceptors (Lipinski definition) is 4. The molecule has 0 bridgehead atoms. The van der Waals surface area contributed by atoms with Crippen LogP contribution in [0.3, 0.4) is 0 Å². The third kappa shape index (κ3) is 7.67. The second kappa shape index (κ2) is 15.4. The first-order valence-electron chi connectivity index (χ1n) is 21.3. The van der Waals surface area contributed by atoms with Crippen LogP contribution in [0, 0.1) is 51.8 Å². The minimum Gasteiger partial charge on any atom is -0.466 e. The van der Waals surface area contributed by atoms with Crippen LogP contribution in [0.5, 0.6) is 0 Å². The molecule has 4 aliphatic carbocycles. The van der Waals surface area contributed by atoms with Gasteiger partial charge in [0, 0.05) is 6.10 Å². The Morgan fingerprint density at radius 3 is 2.08 bits per heavy atom. The van der Waals surface area contributed by atoms with E-state index in [1.807, 2.05) is 6.92 Å². The lowest BCUT2D eigenvalue weighted by atomic mass is 9.47. The maximum Gasteiger partial charge on any atom is 0.309 e. The normalized spacial score (nSPS) is 32.1. The van der Waals surface area contributed by atoms with Crippen LogP contribution in [0.1, 0.15) is 133 Å². The fourth-order valence-corrected chi connectivity index (χ4v) is 17.3. The Hall–Kier alpha value is -2.21. The smallest absolute Gasteiger partial charge is 0.309 e. The molecule has 1 N–H and O–H groups in total. The summed E-state index contributed by atoms with van der Waals surface area (Å²) in [6.45, 7) is 23.5. The van der Waals surface area contributed by atoms with Crippen molar-refractivity contribution < 1.29 is 19.1 Å². The third-order valence-electron chi connectivity index (χ3n) is 15.1. The number of carbonyl (C=O) groups excluding carboxylic acids is 1. The van der Waals surface area contributed by atoms with Gasteiger partial charge in [0.25, 0.3) is 8.32 Å². The molecule has 4 nitrogen and oxygen atoms in total. The number of aliphatic hydroxyl groups excluding tert-OH is 1. The topological polar surface area (TPSA) is 55.8 Å². The van der Waals surface area contributed by atoms with E-state index in [-0.39, 0.29) is 45.2 Å². The van der Waals surface area contributed by atoms with Crippen molar-refractivity contribution >= 4 is 24.7 Å². The second-order valence-electron chi connectivity index (χ2n) is 20.5. The molecule has 2 aromatic rings. The maximum absolute atomic E-state index is 13.0. The Bertz CT molecular complexity index is 1530. The summed E-state index contributed by atoms with van der Waals surface area (Å²) >= 11 is 0. The molecule has 0 unspecified atom stereocenters. The summed E-state index contributed by atoms with van der Waals surface area (Å²) in [5, 5.41) is 14.5. The van der Waals surface area contributed by atoms with E-state index in [0.717, 1.165) is 19.3 Å². The molecule has 0 saturated heterocycles. The number of hydrogen-bond donors (Lipinski definition) is 1. The molecule has 2 aromatic carbocycles. The molecule has 0 spiro atoms. The Balaban J connectivity index is 1.20. The zero-order valence-corrected chi connectivity index (χ0v) is 35.9. The molecule has 3 fully saturated rings. The lowest BCUT2D eigenvalue weighted by molar-refractivity contribution is -0.151. The molecule has 10 atom stereocenters. The van der Waals surface area contributed by atoms with Gasteiger partial charge >= 0.3 is 5.97 Å². The highest BCUT2D eigenvalue weighted by atomic mass is 28.4. The molecule has 6 rings (SSSR count). The Labute approximate surface area is 324 Å². The van der Waals surface area contributed by atoms with Gasteiger partial charge in [0.1, 0.15) is 0 Å². The van der Waals surface area contributed by atoms with Crippen molar-refractivity contribution in [2.24, 2.45) is 51.8 Å². The van der Waals surface area contributed by atoms with E-state index in [0.29, 0.717) is 36.7 Å². The van der Waals surface area contributed by atoms with Crippen molar-refractivity contribution in [1.29, 1.82) is 0 Å². The summed E-state index contributed by atoms with van der Waals surface area (Å²) in [5.41, 5.74) is 2.13. The largest absolute Gasteiger partial charge is 0.466 e. The average Bonchev–Trinajstić information content (AvgIpc) is 3.47. The SMILES string of the molecule is CCOC(=O)[C@H](C[C@H](O)[C@@H](C)[C@H]1CC[C@H]2[C@@H]3CC=C4C[C@@H](O[Si](c5ccccc5)(c5ccccc5)C(C)(C)C)CC[C@]4(C)[C@H]3CC[C@]12C)CC(C)(C)C. The fourth-order valence-electron chi connectivity index (χ4n) is 12.6. The zero-order valence-electron chi connectivity index (χ0n) is 34.9. The summed E-state index contributed by atoms with van der Waals surface area (Å²) in [6, 6.07) is 22.3. The van der Waals surface area contributed by atoms with Gasteiger partial charge in [-0.15, -0.1) is 0 Å². The molecule has 0 aromatic heterocycles. The van der Waals surface area contributed by atoms with Crippen molar-refractivity contribution in [3.63, 3.8) is 0 Å². The van der Waals surface area contributed by atoms with Gasteiger partial charge in [-0.3, -0.25) is 4.79 Å². The Morgan fingerprint density at radius 2 is 1.51 bits per heavy atom. The Morgan fingerprint density at radius 1 is 0.887 bits per heavy atom. The van der Waals surface area contributed by atoms with Crippen LogP contribution in [-0.4, -0.2) is 38.2 Å². The first-order valence-corrected chi connectivity index (χ1v) is 23.2. The number of allylic oxidation sites excluding steroid dienone is 1. The molecule has 0 amide bonds. The molecule has 0 heterocycles. The summed E-state index contributed by atoms with van der Waals surface area (Å²) in [7, 11) is -2.61. The molecule has 292 valence electrons. The van der Waals surface area contributed by atoms with E-state index in [4.69, 9.17) is 9.16 Å². The number of carbonyl (C=O) groups is 1. The second-order valence-corrected chi connectivity index (χ2v) is 24.8. The van der Waals surface area contributed by atoms with E-state index in [2.05, 4.69) is 129 Å². The predicted octanol–water partition coefficient (Wildman–Crippen LogP) is 10.5. The molecular weight excluding hydrogens is 669 g/mol. The van der Waals surface area contributed by atoms with E-state index in [1.54, 1.807) is 5.57 Å². The molecule has 53 heavy (non-hydrogen) atoms. The van der Waals surface area contributed by atoms with Gasteiger partial charge < -0.3 is 14.3 Å². The van der Waals surface area contributed by atoms with Gasteiger partial charge in [0.15, 0.2) is 0 Å². The number of fused-ring (bicyclic) bond motifs is 5. The van der Waals surface area contributed by atoms with Crippen molar-refractivity contribution in [3.05, 3.63) is 72.3 Å². The highest BCUT2D eigenvalue weighted by Gasteiger charge is 2.60. The van der Waals surface area contributed by atoms with Crippen LogP contribution in [-0.2, 0) is 14.0 Å². The molecule has 0 radical (unpaired) electrons. The molecule has 3 saturated carbocycles. The maximum atomic E-state index is 13.0. The van der Waals surface area contributed by atoms with Crippen LogP contribution in [0.15, 0.2) is 72.3 Å². The van der Waals surface area contributed by atoms with Crippen LogP contribution < -0.4 is 10.4 Å². The van der Waals surface area contributed by atoms with E-state index in [1.165, 1.54) is 48.9 Å². The monoisotopic (exact) mass is 741 g/mol. The van der Waals surface area contributed by atoms with Gasteiger partial charge in [0.2, 0.25) is 0 Å². The fraction of sp³-hybridized carbons (Fsp3) is 0.688. The van der Waals surface area contributed by atoms with E-state index >= 15 is 0 Å². The Kier molecular flexibility index (Phi) is 11.7. The minimum atomic E-state index is -2.61. The number of esters is 1. The van der Waals surface area contributed by atoms with E-state index in [9.17, 15) is 9.90 Å². The van der Waals surface area contributed by atoms with Crippen molar-refractivity contribution in [3.8, 4) is 0 Å². The zero-order chi connectivity index (χ0) is 38.4. The molecule has 4 aliphatic rings. The van der Waals surface area contributed by atoms with Crippen LogP contribution in [0.25, 0.3) is 0 Å². The quantitative estimate of drug-likeness (QED) is 0.142. The third-order valence-corrected chi connectivity index (χ3v) is 20.2. The number of ether oxygens (including phenoxy) is 1. The summed E-state index contributed by atoms with van der Waals surface area (Å²) in [6.07, 6.45) is 13.2. The molecular formula is C48H72O4Si. The number of aliphatic hydroxyl groups is 1. The summed E-state index contributed by atoms with van der Waals surface area (Å²) < 4.78 is 13.2. The highest BCUT2D eigenvalue weighted by molar-refractivity contribution is 6.99. The van der Waals surface area contributed by atoms with Gasteiger partial charge in [-0.2, -0.15) is 0 Å². The molecule has 0 aliphatic heterocycles. The summed E-state index contributed by atoms with van der Waals surface area (Å²) in [4.78, 5) is 13.0. The lowest BCUT2D eigenvalue weighted by Crippen LogP contribution is -2.68. The lowest BCUT2D eigenvalue weighted by Gasteiger charge is -2.59. The average molecular weight is 741 g/mol. The van der Waals surface area contributed by atoms with Crippen LogP contribution in [0.2, 0.25) is 5.04 Å². The van der Waals surface area contributed by atoms with Gasteiger partial charge in [-0.05, 0) is 132 Å². The van der Waals surface area contributed by atoms with Crippen molar-refractivity contribution in [1.82, 2.24) is 0 Å². The first kappa shape index (κ1) is 40.4. The number of rotatable bonds is 11. The van der Waals surface area contributed by atoms with Gasteiger partial charge in [0.05, 0.1) is 18.6 Å². The molecule has 5 heteroatoms. The van der Waals surface area contributed by atoms with Gasteiger partial charge in [-0.25, -0.2) is 0 Å². The van der Waals surface area contributed by atoms with Crippen LogP contribution >= 0.6 is 0 Å².